The smallest absolute Gasteiger partial charge is 0.335 e. The standard InChI is InChI=1S/C29H39NO4/c1-28-12-9-17(20-11-14-30-26(20)27(32)33)15-19(28)4-5-21-23-7-6-22(18-3-8-25(31)34-16-18)29(23,2)13-10-24(21)28/h3,7-8,16-17,19-22,24,26,30H,4-6,9-15H2,1-2H3,(H,32,33)/t17?,19-,20+,21+,22-,24+,26?,28+,29-/m1/s1. The molecule has 1 saturated heterocycles. The van der Waals surface area contributed by atoms with Gasteiger partial charge in [-0.3, -0.25) is 4.79 Å². The third-order valence-corrected chi connectivity index (χ3v) is 11.4. The second-order valence-corrected chi connectivity index (χ2v) is 12.5. The molecule has 2 unspecified atom stereocenters. The van der Waals surface area contributed by atoms with Crippen LogP contribution in [0.3, 0.4) is 0 Å². The van der Waals surface area contributed by atoms with Crippen molar-refractivity contribution in [1.82, 2.24) is 5.32 Å². The molecule has 4 fully saturated rings. The molecule has 184 valence electrons. The first kappa shape index (κ1) is 22.6. The summed E-state index contributed by atoms with van der Waals surface area (Å²) < 4.78 is 5.24. The molecular formula is C29H39NO4. The van der Waals surface area contributed by atoms with Gasteiger partial charge in [0, 0.05) is 6.07 Å². The van der Waals surface area contributed by atoms with Gasteiger partial charge in [-0.1, -0.05) is 25.5 Å². The van der Waals surface area contributed by atoms with Crippen molar-refractivity contribution in [3.8, 4) is 0 Å². The van der Waals surface area contributed by atoms with Gasteiger partial charge in [0.1, 0.15) is 6.04 Å². The summed E-state index contributed by atoms with van der Waals surface area (Å²) in [6, 6.07) is 3.21. The molecule has 9 atom stereocenters. The topological polar surface area (TPSA) is 79.5 Å². The quantitative estimate of drug-likeness (QED) is 0.587. The van der Waals surface area contributed by atoms with Crippen LogP contribution in [0.15, 0.2) is 39.3 Å². The number of rotatable bonds is 3. The van der Waals surface area contributed by atoms with Crippen LogP contribution in [0.4, 0.5) is 0 Å². The Labute approximate surface area is 202 Å². The molecular weight excluding hydrogens is 426 g/mol. The summed E-state index contributed by atoms with van der Waals surface area (Å²) in [5.41, 5.74) is 3.14. The lowest BCUT2D eigenvalue weighted by Gasteiger charge is -2.60. The van der Waals surface area contributed by atoms with Crippen LogP contribution < -0.4 is 10.9 Å². The fourth-order valence-electron chi connectivity index (χ4n) is 9.58. The van der Waals surface area contributed by atoms with E-state index in [-0.39, 0.29) is 17.1 Å². The number of hydrogen-bond donors (Lipinski definition) is 2. The first-order valence-electron chi connectivity index (χ1n) is 13.6. The average molecular weight is 466 g/mol. The Morgan fingerprint density at radius 3 is 2.74 bits per heavy atom. The van der Waals surface area contributed by atoms with E-state index in [0.29, 0.717) is 29.1 Å². The van der Waals surface area contributed by atoms with E-state index in [1.165, 1.54) is 50.5 Å². The highest BCUT2D eigenvalue weighted by Gasteiger charge is 2.58. The van der Waals surface area contributed by atoms with Gasteiger partial charge in [-0.2, -0.15) is 0 Å². The minimum absolute atomic E-state index is 0.172. The van der Waals surface area contributed by atoms with Gasteiger partial charge < -0.3 is 14.8 Å². The Morgan fingerprint density at radius 1 is 1.12 bits per heavy atom. The van der Waals surface area contributed by atoms with E-state index >= 15 is 0 Å². The molecule has 0 radical (unpaired) electrons. The third kappa shape index (κ3) is 3.29. The van der Waals surface area contributed by atoms with Crippen molar-refractivity contribution in [2.75, 3.05) is 6.54 Å². The predicted octanol–water partition coefficient (Wildman–Crippen LogP) is 5.37. The zero-order valence-corrected chi connectivity index (χ0v) is 20.6. The molecule has 6 rings (SSSR count). The lowest BCUT2D eigenvalue weighted by Crippen LogP contribution is -2.52. The number of fused-ring (bicyclic) bond motifs is 5. The predicted molar refractivity (Wildman–Crippen MR) is 130 cm³/mol. The van der Waals surface area contributed by atoms with Crippen LogP contribution in [0.2, 0.25) is 0 Å². The Hall–Kier alpha value is -1.88. The van der Waals surface area contributed by atoms with Gasteiger partial charge in [-0.25, -0.2) is 4.79 Å². The first-order chi connectivity index (χ1) is 16.3. The molecule has 4 aliphatic carbocycles. The highest BCUT2D eigenvalue weighted by Crippen LogP contribution is 2.68. The van der Waals surface area contributed by atoms with E-state index in [1.54, 1.807) is 17.9 Å². The van der Waals surface area contributed by atoms with Crippen LogP contribution in [0, 0.1) is 40.4 Å². The molecule has 1 aromatic rings. The third-order valence-electron chi connectivity index (χ3n) is 11.4. The monoisotopic (exact) mass is 465 g/mol. The van der Waals surface area contributed by atoms with Gasteiger partial charge in [0.25, 0.3) is 0 Å². The lowest BCUT2D eigenvalue weighted by molar-refractivity contribution is -0.141. The molecule has 0 spiro atoms. The SMILES string of the molecule is C[C@]12CCC([C@@H]3CCNC3C(=O)O)C[C@H]1CC[C@H]1C3=CC[C@H](c4ccc(=O)oc4)[C@@]3(C)CC[C@@H]12. The molecule has 1 aliphatic heterocycles. The molecule has 5 nitrogen and oxygen atoms in total. The molecule has 5 aliphatic rings. The maximum Gasteiger partial charge on any atom is 0.335 e. The zero-order chi connectivity index (χ0) is 23.7. The highest BCUT2D eigenvalue weighted by atomic mass is 16.4. The van der Waals surface area contributed by atoms with E-state index in [1.807, 2.05) is 6.07 Å². The highest BCUT2D eigenvalue weighted by molar-refractivity contribution is 5.74. The second-order valence-electron chi connectivity index (χ2n) is 12.5. The van der Waals surface area contributed by atoms with E-state index in [4.69, 9.17) is 4.42 Å². The Bertz CT molecular complexity index is 1040. The summed E-state index contributed by atoms with van der Waals surface area (Å²) >= 11 is 0. The molecule has 2 N–H and O–H groups in total. The number of carboxylic acid groups (broad SMARTS) is 1. The van der Waals surface area contributed by atoms with Gasteiger partial charge in [0.05, 0.1) is 6.26 Å². The molecule has 0 aromatic carbocycles. The molecule has 5 heteroatoms. The first-order valence-corrected chi connectivity index (χ1v) is 13.6. The molecule has 3 saturated carbocycles. The summed E-state index contributed by atoms with van der Waals surface area (Å²) in [6.07, 6.45) is 15.0. The summed E-state index contributed by atoms with van der Waals surface area (Å²) in [5.74, 6) is 2.77. The van der Waals surface area contributed by atoms with Crippen LogP contribution in [-0.2, 0) is 4.79 Å². The van der Waals surface area contributed by atoms with Crippen molar-refractivity contribution < 1.29 is 14.3 Å². The van der Waals surface area contributed by atoms with Crippen LogP contribution in [0.5, 0.6) is 0 Å². The van der Waals surface area contributed by atoms with E-state index in [9.17, 15) is 14.7 Å². The van der Waals surface area contributed by atoms with Crippen molar-refractivity contribution in [3.05, 3.63) is 46.0 Å². The van der Waals surface area contributed by atoms with Crippen LogP contribution in [0.1, 0.15) is 83.1 Å². The number of nitrogens with one attached hydrogen (secondary N) is 1. The van der Waals surface area contributed by atoms with Crippen molar-refractivity contribution >= 4 is 5.97 Å². The molecule has 0 amide bonds. The van der Waals surface area contributed by atoms with Crippen LogP contribution in [-0.4, -0.2) is 23.7 Å². The molecule has 2 heterocycles. The Morgan fingerprint density at radius 2 is 1.97 bits per heavy atom. The maximum atomic E-state index is 11.8. The zero-order valence-electron chi connectivity index (χ0n) is 20.6. The van der Waals surface area contributed by atoms with E-state index < -0.39 is 5.97 Å². The summed E-state index contributed by atoms with van der Waals surface area (Å²) in [6.45, 7) is 5.89. The largest absolute Gasteiger partial charge is 0.480 e. The summed E-state index contributed by atoms with van der Waals surface area (Å²) in [4.78, 5) is 23.3. The van der Waals surface area contributed by atoms with Crippen molar-refractivity contribution in [3.63, 3.8) is 0 Å². The maximum absolute atomic E-state index is 11.8. The Kier molecular flexibility index (Phi) is 5.36. The number of carbonyl (C=O) groups is 1. The van der Waals surface area contributed by atoms with Gasteiger partial charge in [0.2, 0.25) is 0 Å². The number of allylic oxidation sites excluding steroid dienone is 2. The minimum atomic E-state index is -0.661. The normalized spacial score (nSPS) is 45.7. The molecule has 34 heavy (non-hydrogen) atoms. The van der Waals surface area contributed by atoms with Gasteiger partial charge in [0.15, 0.2) is 0 Å². The number of carboxylic acids is 1. The Balaban J connectivity index is 1.21. The number of aliphatic carboxylic acids is 1. The van der Waals surface area contributed by atoms with E-state index in [2.05, 4.69) is 25.2 Å². The van der Waals surface area contributed by atoms with Gasteiger partial charge in [-0.05, 0) is 122 Å². The molecule has 1 aromatic heterocycles. The fourth-order valence-corrected chi connectivity index (χ4v) is 9.58. The van der Waals surface area contributed by atoms with Crippen LogP contribution >= 0.6 is 0 Å². The van der Waals surface area contributed by atoms with Crippen molar-refractivity contribution in [2.24, 2.45) is 40.4 Å². The average Bonchev–Trinajstić information content (AvgIpc) is 3.44. The van der Waals surface area contributed by atoms with Crippen molar-refractivity contribution in [1.29, 1.82) is 0 Å². The summed E-state index contributed by atoms with van der Waals surface area (Å²) in [5, 5.41) is 12.9. The summed E-state index contributed by atoms with van der Waals surface area (Å²) in [7, 11) is 0. The number of hydrogen-bond acceptors (Lipinski definition) is 4. The van der Waals surface area contributed by atoms with E-state index in [0.717, 1.165) is 31.2 Å². The molecule has 0 bridgehead atoms. The fraction of sp³-hybridized carbons (Fsp3) is 0.724. The lowest BCUT2D eigenvalue weighted by atomic mass is 9.44. The minimum Gasteiger partial charge on any atom is -0.480 e. The van der Waals surface area contributed by atoms with Crippen LogP contribution in [0.25, 0.3) is 0 Å². The van der Waals surface area contributed by atoms with Crippen molar-refractivity contribution in [2.45, 2.75) is 83.6 Å². The van der Waals surface area contributed by atoms with Gasteiger partial charge >= 0.3 is 11.6 Å². The second kappa shape index (κ2) is 8.08. The van der Waals surface area contributed by atoms with Gasteiger partial charge in [-0.15, -0.1) is 0 Å².